The molecule has 0 aliphatic rings. The van der Waals surface area contributed by atoms with Gasteiger partial charge in [-0.25, -0.2) is 0 Å². The maximum Gasteiger partial charge on any atom is 0.320 e. The van der Waals surface area contributed by atoms with Gasteiger partial charge >= 0.3 is 5.97 Å². The van der Waals surface area contributed by atoms with Crippen molar-refractivity contribution in [3.05, 3.63) is 29.8 Å². The van der Waals surface area contributed by atoms with Crippen LogP contribution < -0.4 is 11.5 Å². The zero-order valence-corrected chi connectivity index (χ0v) is 9.55. The molecule has 1 aromatic rings. The van der Waals surface area contributed by atoms with Crippen LogP contribution in [0.1, 0.15) is 5.56 Å². The van der Waals surface area contributed by atoms with Crippen LogP contribution in [0.4, 0.5) is 5.69 Å². The molecule has 0 heterocycles. The first-order chi connectivity index (χ1) is 6.09. The quantitative estimate of drug-likeness (QED) is 0.703. The average molecular weight is 253 g/mol. The van der Waals surface area contributed by atoms with Gasteiger partial charge in [0.25, 0.3) is 0 Å². The number of hydrogen-bond acceptors (Lipinski definition) is 3. The molecule has 0 radical (unpaired) electrons. The highest BCUT2D eigenvalue weighted by Crippen LogP contribution is 2.08. The van der Waals surface area contributed by atoms with Crippen molar-refractivity contribution in [3.63, 3.8) is 0 Å². The van der Waals surface area contributed by atoms with Crippen LogP contribution in [-0.2, 0) is 11.2 Å². The Kier molecular flexibility index (Phi) is 8.05. The third-order valence-electron chi connectivity index (χ3n) is 1.72. The summed E-state index contributed by atoms with van der Waals surface area (Å²) in [4.78, 5) is 10.4. The lowest BCUT2D eigenvalue weighted by atomic mass is 10.1. The van der Waals surface area contributed by atoms with Crippen LogP contribution in [0, 0.1) is 0 Å². The van der Waals surface area contributed by atoms with Crippen molar-refractivity contribution < 1.29 is 9.90 Å². The Morgan fingerprint density at radius 2 is 2.00 bits per heavy atom. The van der Waals surface area contributed by atoms with Gasteiger partial charge in [-0.1, -0.05) is 12.1 Å². The van der Waals surface area contributed by atoms with Crippen LogP contribution >= 0.6 is 24.8 Å². The van der Waals surface area contributed by atoms with Gasteiger partial charge in [0.15, 0.2) is 0 Å². The molecule has 5 N–H and O–H groups in total. The van der Waals surface area contributed by atoms with Crippen molar-refractivity contribution in [1.82, 2.24) is 0 Å². The number of anilines is 1. The Bertz CT molecular complexity index is 321. The minimum atomic E-state index is -0.998. The minimum absolute atomic E-state index is 0. The lowest BCUT2D eigenvalue weighted by Crippen LogP contribution is -2.32. The second-order valence-corrected chi connectivity index (χ2v) is 2.89. The lowest BCUT2D eigenvalue weighted by molar-refractivity contribution is -0.138. The first-order valence-electron chi connectivity index (χ1n) is 3.92. The molecular formula is C9H14Cl2N2O2. The first-order valence-corrected chi connectivity index (χ1v) is 3.92. The van der Waals surface area contributed by atoms with E-state index < -0.39 is 12.0 Å². The average Bonchev–Trinajstić information content (AvgIpc) is 2.04. The summed E-state index contributed by atoms with van der Waals surface area (Å²) in [5.74, 6) is -0.998. The fourth-order valence-corrected chi connectivity index (χ4v) is 1.06. The topological polar surface area (TPSA) is 89.3 Å². The Hall–Kier alpha value is -0.970. The number of carboxylic acid groups (broad SMARTS) is 1. The number of aliphatic carboxylic acids is 1. The lowest BCUT2D eigenvalue weighted by Gasteiger charge is -2.06. The van der Waals surface area contributed by atoms with Gasteiger partial charge in [0.2, 0.25) is 0 Å². The van der Waals surface area contributed by atoms with Crippen LogP contribution in [0.25, 0.3) is 0 Å². The number of rotatable bonds is 3. The van der Waals surface area contributed by atoms with E-state index >= 15 is 0 Å². The molecule has 0 aromatic heterocycles. The van der Waals surface area contributed by atoms with E-state index in [2.05, 4.69) is 0 Å². The zero-order chi connectivity index (χ0) is 9.84. The smallest absolute Gasteiger partial charge is 0.320 e. The Morgan fingerprint density at radius 3 is 2.47 bits per heavy atom. The van der Waals surface area contributed by atoms with E-state index in [1.807, 2.05) is 0 Å². The third-order valence-corrected chi connectivity index (χ3v) is 1.72. The molecule has 0 aliphatic heterocycles. The molecule has 1 aromatic carbocycles. The Balaban J connectivity index is 0. The molecule has 6 heteroatoms. The molecule has 1 atom stereocenters. The first kappa shape index (κ1) is 16.5. The number of nitrogens with two attached hydrogens (primary N) is 2. The van der Waals surface area contributed by atoms with Crippen LogP contribution in [0.3, 0.4) is 0 Å². The number of halogens is 2. The number of nitrogen functional groups attached to an aromatic ring is 1. The molecular weight excluding hydrogens is 239 g/mol. The van der Waals surface area contributed by atoms with E-state index in [-0.39, 0.29) is 24.8 Å². The summed E-state index contributed by atoms with van der Waals surface area (Å²) < 4.78 is 0. The van der Waals surface area contributed by atoms with Crippen LogP contribution in [0.5, 0.6) is 0 Å². The predicted molar refractivity (Wildman–Crippen MR) is 64.7 cm³/mol. The van der Waals surface area contributed by atoms with Gasteiger partial charge in [-0.15, -0.1) is 24.8 Å². The number of benzene rings is 1. The zero-order valence-electron chi connectivity index (χ0n) is 7.92. The summed E-state index contributed by atoms with van der Waals surface area (Å²) in [5.41, 5.74) is 12.3. The molecule has 0 saturated heterocycles. The van der Waals surface area contributed by atoms with Crippen molar-refractivity contribution in [2.45, 2.75) is 12.5 Å². The van der Waals surface area contributed by atoms with Gasteiger partial charge in [0.1, 0.15) is 6.04 Å². The van der Waals surface area contributed by atoms with Crippen LogP contribution in [-0.4, -0.2) is 17.1 Å². The summed E-state index contributed by atoms with van der Waals surface area (Å²) in [6.45, 7) is 0. The molecule has 86 valence electrons. The van der Waals surface area contributed by atoms with Crippen LogP contribution in [0.2, 0.25) is 0 Å². The van der Waals surface area contributed by atoms with E-state index in [1.165, 1.54) is 0 Å². The monoisotopic (exact) mass is 252 g/mol. The highest BCUT2D eigenvalue weighted by atomic mass is 35.5. The largest absolute Gasteiger partial charge is 0.480 e. The molecule has 0 unspecified atom stereocenters. The highest BCUT2D eigenvalue weighted by Gasteiger charge is 2.11. The van der Waals surface area contributed by atoms with Crippen molar-refractivity contribution >= 4 is 36.5 Å². The van der Waals surface area contributed by atoms with Crippen molar-refractivity contribution in [2.24, 2.45) is 5.73 Å². The standard InChI is InChI=1S/C9H12N2O2.2ClH/c10-7-3-1-2-6(4-7)5-8(11)9(12)13;;/h1-4,8H,5,10-11H2,(H,12,13);2*1H/t8-;;/m1../s1. The van der Waals surface area contributed by atoms with E-state index in [9.17, 15) is 4.79 Å². The van der Waals surface area contributed by atoms with Gasteiger partial charge in [0.05, 0.1) is 0 Å². The predicted octanol–water partition coefficient (Wildman–Crippen LogP) is 1.07. The third kappa shape index (κ3) is 5.47. The maximum absolute atomic E-state index is 10.4. The fraction of sp³-hybridized carbons (Fsp3) is 0.222. The van der Waals surface area contributed by atoms with Gasteiger partial charge < -0.3 is 16.6 Å². The number of hydrogen-bond donors (Lipinski definition) is 3. The summed E-state index contributed by atoms with van der Waals surface area (Å²) in [7, 11) is 0. The van der Waals surface area contributed by atoms with E-state index in [1.54, 1.807) is 24.3 Å². The van der Waals surface area contributed by atoms with Crippen molar-refractivity contribution in [3.8, 4) is 0 Å². The molecule has 0 bridgehead atoms. The summed E-state index contributed by atoms with van der Waals surface area (Å²) in [6, 6.07) is 6.19. The molecule has 0 fully saturated rings. The highest BCUT2D eigenvalue weighted by molar-refractivity contribution is 5.85. The van der Waals surface area contributed by atoms with Gasteiger partial charge in [0, 0.05) is 5.69 Å². The van der Waals surface area contributed by atoms with Gasteiger partial charge in [-0.2, -0.15) is 0 Å². The second kappa shape index (κ2) is 7.34. The summed E-state index contributed by atoms with van der Waals surface area (Å²) >= 11 is 0. The molecule has 4 nitrogen and oxygen atoms in total. The molecule has 15 heavy (non-hydrogen) atoms. The summed E-state index contributed by atoms with van der Waals surface area (Å²) in [6.07, 6.45) is 0.306. The van der Waals surface area contributed by atoms with Gasteiger partial charge in [-0.3, -0.25) is 4.79 Å². The number of carbonyl (C=O) groups is 1. The molecule has 0 amide bonds. The normalized spacial score (nSPS) is 10.7. The summed E-state index contributed by atoms with van der Waals surface area (Å²) in [5, 5.41) is 8.56. The van der Waals surface area contributed by atoms with Crippen LogP contribution in [0.15, 0.2) is 24.3 Å². The second-order valence-electron chi connectivity index (χ2n) is 2.89. The van der Waals surface area contributed by atoms with E-state index in [0.29, 0.717) is 12.1 Å². The van der Waals surface area contributed by atoms with Crippen molar-refractivity contribution in [2.75, 3.05) is 5.73 Å². The van der Waals surface area contributed by atoms with E-state index in [4.69, 9.17) is 16.6 Å². The van der Waals surface area contributed by atoms with Gasteiger partial charge in [-0.05, 0) is 24.1 Å². The molecule has 1 rings (SSSR count). The minimum Gasteiger partial charge on any atom is -0.480 e. The Labute approximate surface area is 100 Å². The fourth-order valence-electron chi connectivity index (χ4n) is 1.06. The SMILES string of the molecule is Cl.Cl.Nc1cccc(C[C@@H](N)C(=O)O)c1. The molecule has 0 saturated carbocycles. The van der Waals surface area contributed by atoms with E-state index in [0.717, 1.165) is 5.56 Å². The maximum atomic E-state index is 10.4. The molecule has 0 spiro atoms. The van der Waals surface area contributed by atoms with Crippen molar-refractivity contribution in [1.29, 1.82) is 0 Å². The molecule has 0 aliphatic carbocycles. The number of carboxylic acids is 1. The Morgan fingerprint density at radius 1 is 1.40 bits per heavy atom.